The van der Waals surface area contributed by atoms with Crippen LogP contribution in [0.2, 0.25) is 0 Å². The molecule has 7 heteroatoms. The number of esters is 1. The summed E-state index contributed by atoms with van der Waals surface area (Å²) in [5.74, 6) is 0.352. The van der Waals surface area contributed by atoms with E-state index in [2.05, 4.69) is 16.9 Å². The van der Waals surface area contributed by atoms with E-state index < -0.39 is 5.97 Å². The Kier molecular flexibility index (Phi) is 6.68. The zero-order valence-corrected chi connectivity index (χ0v) is 16.8. The van der Waals surface area contributed by atoms with E-state index in [0.29, 0.717) is 28.0 Å². The third kappa shape index (κ3) is 5.12. The normalized spacial score (nSPS) is 15.4. The Balaban J connectivity index is 1.81. The summed E-state index contributed by atoms with van der Waals surface area (Å²) in [4.78, 5) is 16.7. The van der Waals surface area contributed by atoms with Crippen LogP contribution >= 0.6 is 22.9 Å². The van der Waals surface area contributed by atoms with Crippen molar-refractivity contribution in [1.29, 1.82) is 0 Å². The Morgan fingerprint density at radius 1 is 1.46 bits per heavy atom. The summed E-state index contributed by atoms with van der Waals surface area (Å²) in [5.41, 5.74) is 2.63. The van der Waals surface area contributed by atoms with Crippen molar-refractivity contribution in [1.82, 2.24) is 4.98 Å². The van der Waals surface area contributed by atoms with Gasteiger partial charge in [-0.1, -0.05) is 42.5 Å². The molecule has 0 aliphatic carbocycles. The van der Waals surface area contributed by atoms with E-state index in [-0.39, 0.29) is 6.61 Å². The van der Waals surface area contributed by atoms with E-state index in [1.165, 1.54) is 11.3 Å². The van der Waals surface area contributed by atoms with Crippen molar-refractivity contribution in [2.75, 3.05) is 18.5 Å². The van der Waals surface area contributed by atoms with Gasteiger partial charge in [-0.2, -0.15) is 0 Å². The average Bonchev–Trinajstić information content (AvgIpc) is 3.13. The number of hydrogen-bond donors (Lipinski definition) is 1. The number of thiazole rings is 1. The van der Waals surface area contributed by atoms with Crippen LogP contribution in [0, 0.1) is 0 Å². The van der Waals surface area contributed by atoms with Crippen LogP contribution in [0.4, 0.5) is 10.8 Å². The summed E-state index contributed by atoms with van der Waals surface area (Å²) < 4.78 is 10.9. The van der Waals surface area contributed by atoms with Gasteiger partial charge in [0.15, 0.2) is 5.13 Å². The molecule has 0 bridgehead atoms. The highest BCUT2D eigenvalue weighted by Gasteiger charge is 2.22. The summed E-state index contributed by atoms with van der Waals surface area (Å²) >= 11 is 7.11. The predicted molar refractivity (Wildman–Crippen MR) is 114 cm³/mol. The highest BCUT2D eigenvalue weighted by molar-refractivity contribution is 7.14. The van der Waals surface area contributed by atoms with Crippen LogP contribution in [0.25, 0.3) is 5.57 Å². The van der Waals surface area contributed by atoms with Crippen molar-refractivity contribution in [2.24, 2.45) is 0 Å². The first-order chi connectivity index (χ1) is 13.6. The maximum Gasteiger partial charge on any atom is 0.340 e. The zero-order chi connectivity index (χ0) is 19.9. The van der Waals surface area contributed by atoms with Crippen LogP contribution in [0.1, 0.15) is 12.6 Å². The molecule has 1 aromatic heterocycles. The van der Waals surface area contributed by atoms with Gasteiger partial charge in [-0.15, -0.1) is 11.3 Å². The van der Waals surface area contributed by atoms with Crippen molar-refractivity contribution in [2.45, 2.75) is 6.92 Å². The highest BCUT2D eigenvalue weighted by atomic mass is 35.5. The minimum absolute atomic E-state index is 0.207. The van der Waals surface area contributed by atoms with Crippen LogP contribution in [0.15, 0.2) is 71.1 Å². The van der Waals surface area contributed by atoms with Crippen molar-refractivity contribution in [3.8, 4) is 5.75 Å². The van der Waals surface area contributed by atoms with Crippen LogP contribution in [-0.4, -0.2) is 24.2 Å². The molecule has 0 fully saturated rings. The lowest BCUT2D eigenvalue weighted by Crippen LogP contribution is -2.15. The number of nitrogens with zero attached hydrogens (tertiary/aromatic N) is 1. The van der Waals surface area contributed by atoms with Crippen molar-refractivity contribution >= 4 is 45.3 Å². The zero-order valence-electron chi connectivity index (χ0n) is 15.3. The monoisotopic (exact) mass is 414 g/mol. The fourth-order valence-corrected chi connectivity index (χ4v) is 3.28. The number of carbonyl (C=O) groups excluding carboxylic acids is 1. The highest BCUT2D eigenvalue weighted by Crippen LogP contribution is 2.31. The number of halogens is 1. The Labute approximate surface area is 172 Å². The number of rotatable bonds is 7. The van der Waals surface area contributed by atoms with E-state index in [4.69, 9.17) is 21.1 Å². The van der Waals surface area contributed by atoms with Crippen LogP contribution < -0.4 is 10.1 Å². The number of aromatic nitrogens is 1. The van der Waals surface area contributed by atoms with Gasteiger partial charge >= 0.3 is 5.97 Å². The average molecular weight is 415 g/mol. The molecule has 3 rings (SSSR count). The SMILES string of the molecule is C=C(Cl)/C=C\C=C1\C=C(c2csc(Nc3ccccc3OCC)n2)C(=O)OC1. The molecule has 0 unspecified atom stereocenters. The molecule has 0 spiro atoms. The lowest BCUT2D eigenvalue weighted by Gasteiger charge is -2.13. The molecule has 1 N–H and O–H groups in total. The summed E-state index contributed by atoms with van der Waals surface area (Å²) in [6, 6.07) is 7.63. The van der Waals surface area contributed by atoms with Gasteiger partial charge in [0.1, 0.15) is 12.4 Å². The molecule has 2 heterocycles. The van der Waals surface area contributed by atoms with Crippen molar-refractivity contribution in [3.05, 3.63) is 76.8 Å². The van der Waals surface area contributed by atoms with Gasteiger partial charge < -0.3 is 14.8 Å². The second-order valence-electron chi connectivity index (χ2n) is 5.77. The fourth-order valence-electron chi connectivity index (χ4n) is 2.48. The van der Waals surface area contributed by atoms with Crippen molar-refractivity contribution < 1.29 is 14.3 Å². The predicted octanol–water partition coefficient (Wildman–Crippen LogP) is 5.46. The number of nitrogens with one attached hydrogen (secondary N) is 1. The van der Waals surface area contributed by atoms with Crippen LogP contribution in [0.5, 0.6) is 5.75 Å². The first kappa shape index (κ1) is 19.9. The van der Waals surface area contributed by atoms with Gasteiger partial charge in [0.2, 0.25) is 0 Å². The maximum absolute atomic E-state index is 12.2. The third-order valence-electron chi connectivity index (χ3n) is 3.72. The van der Waals surface area contributed by atoms with Gasteiger partial charge in [0.25, 0.3) is 0 Å². The largest absolute Gasteiger partial charge is 0.492 e. The molecule has 1 aliphatic heterocycles. The summed E-state index contributed by atoms with van der Waals surface area (Å²) in [6.07, 6.45) is 7.03. The fraction of sp³-hybridized carbons (Fsp3) is 0.143. The van der Waals surface area contributed by atoms with Crippen molar-refractivity contribution in [3.63, 3.8) is 0 Å². The Morgan fingerprint density at radius 2 is 2.29 bits per heavy atom. The number of carbonyl (C=O) groups is 1. The Bertz CT molecular complexity index is 976. The molecule has 0 saturated heterocycles. The number of para-hydroxylation sites is 2. The molecule has 0 radical (unpaired) electrons. The minimum Gasteiger partial charge on any atom is -0.492 e. The quantitative estimate of drug-likeness (QED) is 0.481. The minimum atomic E-state index is -0.394. The van der Waals surface area contributed by atoms with E-state index in [0.717, 1.165) is 17.0 Å². The van der Waals surface area contributed by atoms with E-state index in [1.807, 2.05) is 42.6 Å². The Hall–Kier alpha value is -2.83. The number of ether oxygens (including phenoxy) is 2. The molecule has 1 aliphatic rings. The standard InChI is InChI=1S/C21H19ClN2O3S/c1-3-26-19-10-5-4-9-17(19)23-21-24-18(13-28-21)16-11-15(12-27-20(16)25)8-6-7-14(2)22/h4-11,13H,2-3,12H2,1H3,(H,23,24)/b7-6-,15-8-. The first-order valence-corrected chi connectivity index (χ1v) is 9.87. The van der Waals surface area contributed by atoms with Crippen LogP contribution in [-0.2, 0) is 9.53 Å². The Morgan fingerprint density at radius 3 is 3.07 bits per heavy atom. The van der Waals surface area contributed by atoms with Gasteiger partial charge in [-0.25, -0.2) is 9.78 Å². The topological polar surface area (TPSA) is 60.5 Å². The molecule has 2 aromatic rings. The number of anilines is 2. The van der Waals surface area contributed by atoms with Gasteiger partial charge in [-0.3, -0.25) is 0 Å². The first-order valence-electron chi connectivity index (χ1n) is 8.62. The number of cyclic esters (lactones) is 1. The lowest BCUT2D eigenvalue weighted by molar-refractivity contribution is -0.136. The molecule has 0 atom stereocenters. The summed E-state index contributed by atoms with van der Waals surface area (Å²) in [5, 5.41) is 6.14. The molecule has 144 valence electrons. The van der Waals surface area contributed by atoms with Crippen LogP contribution in [0.3, 0.4) is 0 Å². The molecule has 0 saturated carbocycles. The smallest absolute Gasteiger partial charge is 0.340 e. The van der Waals surface area contributed by atoms with E-state index in [9.17, 15) is 4.79 Å². The molecular formula is C21H19ClN2O3S. The third-order valence-corrected chi connectivity index (χ3v) is 4.60. The summed E-state index contributed by atoms with van der Waals surface area (Å²) in [7, 11) is 0. The number of benzene rings is 1. The summed E-state index contributed by atoms with van der Waals surface area (Å²) in [6.45, 7) is 6.30. The van der Waals surface area contributed by atoms with Gasteiger partial charge in [0.05, 0.1) is 23.6 Å². The molecule has 5 nitrogen and oxygen atoms in total. The molecule has 0 amide bonds. The van der Waals surface area contributed by atoms with E-state index >= 15 is 0 Å². The molecule has 1 aromatic carbocycles. The molecular weight excluding hydrogens is 396 g/mol. The van der Waals surface area contributed by atoms with Gasteiger partial charge in [0, 0.05) is 10.4 Å². The van der Waals surface area contributed by atoms with E-state index in [1.54, 1.807) is 18.2 Å². The van der Waals surface area contributed by atoms with Gasteiger partial charge in [-0.05, 0) is 36.8 Å². The second-order valence-corrected chi connectivity index (χ2v) is 7.12. The maximum atomic E-state index is 12.2. The molecule has 28 heavy (non-hydrogen) atoms. The second kappa shape index (κ2) is 9.39. The number of allylic oxidation sites excluding steroid dienone is 4. The lowest BCUT2D eigenvalue weighted by atomic mass is 10.1. The number of hydrogen-bond acceptors (Lipinski definition) is 6.